The second kappa shape index (κ2) is 6.03. The van der Waals surface area contributed by atoms with E-state index in [2.05, 4.69) is 15.7 Å². The Hall–Kier alpha value is -2.91. The first-order valence-electron chi connectivity index (χ1n) is 6.31. The SMILES string of the molecule is Cc1cc(C(=O)Nc2cc(C#N)ccc2C)cc(NN)n1. The molecule has 1 aromatic heterocycles. The molecule has 4 N–H and O–H groups in total. The maximum Gasteiger partial charge on any atom is 0.255 e. The summed E-state index contributed by atoms with van der Waals surface area (Å²) in [7, 11) is 0. The smallest absolute Gasteiger partial charge is 0.255 e. The van der Waals surface area contributed by atoms with Gasteiger partial charge in [0.25, 0.3) is 5.91 Å². The summed E-state index contributed by atoms with van der Waals surface area (Å²) in [6.07, 6.45) is 0. The van der Waals surface area contributed by atoms with Crippen molar-refractivity contribution in [3.8, 4) is 6.07 Å². The van der Waals surface area contributed by atoms with Gasteiger partial charge < -0.3 is 10.7 Å². The van der Waals surface area contributed by atoms with Crippen LogP contribution in [0.5, 0.6) is 0 Å². The molecule has 0 unspecified atom stereocenters. The number of hydrogen-bond acceptors (Lipinski definition) is 5. The first-order chi connectivity index (χ1) is 10.0. The molecule has 1 aromatic carbocycles. The summed E-state index contributed by atoms with van der Waals surface area (Å²) in [4.78, 5) is 16.4. The van der Waals surface area contributed by atoms with E-state index < -0.39 is 0 Å². The van der Waals surface area contributed by atoms with Crippen LogP contribution in [0.25, 0.3) is 0 Å². The van der Waals surface area contributed by atoms with Crippen molar-refractivity contribution in [1.82, 2.24) is 4.98 Å². The van der Waals surface area contributed by atoms with Gasteiger partial charge in [-0.2, -0.15) is 5.26 Å². The molecule has 106 valence electrons. The number of hydrogen-bond donors (Lipinski definition) is 3. The van der Waals surface area contributed by atoms with Crippen LogP contribution in [0, 0.1) is 25.2 Å². The molecule has 1 amide bonds. The van der Waals surface area contributed by atoms with E-state index in [1.807, 2.05) is 13.0 Å². The molecule has 0 saturated carbocycles. The Kier molecular flexibility index (Phi) is 4.16. The molecule has 0 atom stereocenters. The van der Waals surface area contributed by atoms with Crippen molar-refractivity contribution in [2.75, 3.05) is 10.7 Å². The Morgan fingerprint density at radius 1 is 1.29 bits per heavy atom. The lowest BCUT2D eigenvalue weighted by Crippen LogP contribution is -2.15. The van der Waals surface area contributed by atoms with E-state index in [-0.39, 0.29) is 5.91 Å². The first kappa shape index (κ1) is 14.5. The Bertz CT molecular complexity index is 733. The molecular weight excluding hydrogens is 266 g/mol. The van der Waals surface area contributed by atoms with Gasteiger partial charge in [-0.05, 0) is 43.7 Å². The molecule has 2 aromatic rings. The molecule has 1 heterocycles. The van der Waals surface area contributed by atoms with Crippen molar-refractivity contribution < 1.29 is 4.79 Å². The molecule has 6 heteroatoms. The monoisotopic (exact) mass is 281 g/mol. The number of nitrogens with one attached hydrogen (secondary N) is 2. The highest BCUT2D eigenvalue weighted by Gasteiger charge is 2.10. The zero-order valence-electron chi connectivity index (χ0n) is 11.8. The molecule has 0 bridgehead atoms. The number of carbonyl (C=O) groups is 1. The summed E-state index contributed by atoms with van der Waals surface area (Å²) in [5, 5.41) is 11.7. The number of rotatable bonds is 3. The van der Waals surface area contributed by atoms with Gasteiger partial charge in [0, 0.05) is 16.9 Å². The van der Waals surface area contributed by atoms with E-state index in [9.17, 15) is 4.79 Å². The van der Waals surface area contributed by atoms with E-state index in [0.29, 0.717) is 28.3 Å². The van der Waals surface area contributed by atoms with Crippen molar-refractivity contribution in [3.63, 3.8) is 0 Å². The molecule has 2 rings (SSSR count). The fourth-order valence-corrected chi connectivity index (χ4v) is 1.89. The lowest BCUT2D eigenvalue weighted by Gasteiger charge is -2.10. The maximum atomic E-state index is 12.3. The number of carbonyl (C=O) groups excluding carboxylic acids is 1. The number of nitrogen functional groups attached to an aromatic ring is 1. The van der Waals surface area contributed by atoms with Gasteiger partial charge in [-0.15, -0.1) is 0 Å². The molecule has 0 aliphatic carbocycles. The summed E-state index contributed by atoms with van der Waals surface area (Å²) in [6, 6.07) is 10.4. The fourth-order valence-electron chi connectivity index (χ4n) is 1.89. The topological polar surface area (TPSA) is 104 Å². The minimum Gasteiger partial charge on any atom is -0.322 e. The third-order valence-electron chi connectivity index (χ3n) is 2.98. The van der Waals surface area contributed by atoms with Gasteiger partial charge in [-0.25, -0.2) is 10.8 Å². The third kappa shape index (κ3) is 3.35. The Morgan fingerprint density at radius 2 is 2.05 bits per heavy atom. The Balaban J connectivity index is 2.30. The second-order valence-corrected chi connectivity index (χ2v) is 4.62. The molecular formula is C15H15N5O. The van der Waals surface area contributed by atoms with Crippen LogP contribution in [0.15, 0.2) is 30.3 Å². The van der Waals surface area contributed by atoms with Gasteiger partial charge in [-0.3, -0.25) is 4.79 Å². The van der Waals surface area contributed by atoms with Gasteiger partial charge in [0.05, 0.1) is 11.6 Å². The lowest BCUT2D eigenvalue weighted by molar-refractivity contribution is 0.102. The maximum absolute atomic E-state index is 12.3. The lowest BCUT2D eigenvalue weighted by atomic mass is 10.1. The summed E-state index contributed by atoms with van der Waals surface area (Å²) >= 11 is 0. The summed E-state index contributed by atoms with van der Waals surface area (Å²) in [5.41, 5.74) is 5.52. The number of amides is 1. The van der Waals surface area contributed by atoms with Crippen molar-refractivity contribution in [1.29, 1.82) is 5.26 Å². The van der Waals surface area contributed by atoms with Crippen LogP contribution in [-0.2, 0) is 0 Å². The number of nitriles is 1. The van der Waals surface area contributed by atoms with Gasteiger partial charge in [-0.1, -0.05) is 6.07 Å². The second-order valence-electron chi connectivity index (χ2n) is 4.62. The number of aryl methyl sites for hydroxylation is 2. The molecule has 0 radical (unpaired) electrons. The van der Waals surface area contributed by atoms with E-state index in [1.165, 1.54) is 0 Å². The largest absolute Gasteiger partial charge is 0.322 e. The van der Waals surface area contributed by atoms with Gasteiger partial charge in [0.2, 0.25) is 0 Å². The number of nitrogens with two attached hydrogens (primary N) is 1. The van der Waals surface area contributed by atoms with Crippen molar-refractivity contribution >= 4 is 17.4 Å². The van der Waals surface area contributed by atoms with Crippen LogP contribution in [0.4, 0.5) is 11.5 Å². The van der Waals surface area contributed by atoms with Gasteiger partial charge in [0.1, 0.15) is 5.82 Å². The molecule has 0 fully saturated rings. The summed E-state index contributed by atoms with van der Waals surface area (Å²) in [5.74, 6) is 5.46. The highest BCUT2D eigenvalue weighted by Crippen LogP contribution is 2.18. The first-order valence-corrected chi connectivity index (χ1v) is 6.31. The van der Waals surface area contributed by atoms with Gasteiger partial charge in [0.15, 0.2) is 0 Å². The van der Waals surface area contributed by atoms with Crippen molar-refractivity contribution in [3.05, 3.63) is 52.7 Å². The van der Waals surface area contributed by atoms with Crippen LogP contribution in [0.2, 0.25) is 0 Å². The minimum absolute atomic E-state index is 0.282. The predicted molar refractivity (Wildman–Crippen MR) is 80.6 cm³/mol. The van der Waals surface area contributed by atoms with E-state index in [1.54, 1.807) is 37.3 Å². The number of benzene rings is 1. The normalized spacial score (nSPS) is 9.81. The number of pyridine rings is 1. The van der Waals surface area contributed by atoms with E-state index in [4.69, 9.17) is 11.1 Å². The van der Waals surface area contributed by atoms with Crippen molar-refractivity contribution in [2.24, 2.45) is 5.84 Å². The number of hydrazine groups is 1. The molecule has 0 aliphatic heterocycles. The predicted octanol–water partition coefficient (Wildman–Crippen LogP) is 2.11. The standard InChI is InChI=1S/C15H15N5O/c1-9-3-4-11(8-16)6-13(9)19-15(21)12-5-10(2)18-14(7-12)20-17/h3-7H,17H2,1-2H3,(H,18,20)(H,19,21). The average molecular weight is 281 g/mol. The highest BCUT2D eigenvalue weighted by molar-refractivity contribution is 6.05. The van der Waals surface area contributed by atoms with E-state index >= 15 is 0 Å². The Morgan fingerprint density at radius 3 is 2.71 bits per heavy atom. The zero-order valence-corrected chi connectivity index (χ0v) is 11.8. The molecule has 0 spiro atoms. The number of nitrogens with zero attached hydrogens (tertiary/aromatic N) is 2. The van der Waals surface area contributed by atoms with Crippen LogP contribution >= 0.6 is 0 Å². The quantitative estimate of drug-likeness (QED) is 0.590. The molecule has 6 nitrogen and oxygen atoms in total. The zero-order chi connectivity index (χ0) is 15.4. The van der Waals surface area contributed by atoms with Crippen LogP contribution in [-0.4, -0.2) is 10.9 Å². The third-order valence-corrected chi connectivity index (χ3v) is 2.98. The molecule has 0 saturated heterocycles. The fraction of sp³-hybridized carbons (Fsp3) is 0.133. The van der Waals surface area contributed by atoms with E-state index in [0.717, 1.165) is 5.56 Å². The summed E-state index contributed by atoms with van der Waals surface area (Å²) < 4.78 is 0. The average Bonchev–Trinajstić information content (AvgIpc) is 2.48. The van der Waals surface area contributed by atoms with Crippen LogP contribution < -0.4 is 16.6 Å². The minimum atomic E-state index is -0.282. The molecule has 0 aliphatic rings. The number of aromatic nitrogens is 1. The van der Waals surface area contributed by atoms with Crippen LogP contribution in [0.3, 0.4) is 0 Å². The van der Waals surface area contributed by atoms with Crippen LogP contribution in [0.1, 0.15) is 27.2 Å². The highest BCUT2D eigenvalue weighted by atomic mass is 16.1. The Labute approximate surface area is 122 Å². The molecule has 21 heavy (non-hydrogen) atoms. The number of anilines is 2. The van der Waals surface area contributed by atoms with Gasteiger partial charge >= 0.3 is 0 Å². The summed E-state index contributed by atoms with van der Waals surface area (Å²) in [6.45, 7) is 3.64. The van der Waals surface area contributed by atoms with Crippen molar-refractivity contribution in [2.45, 2.75) is 13.8 Å².